The van der Waals surface area contributed by atoms with Crippen LogP contribution in [0.4, 0.5) is 0 Å². The molecule has 0 saturated carbocycles. The van der Waals surface area contributed by atoms with Crippen LogP contribution in [0, 0.1) is 0 Å². The molecule has 1 aromatic carbocycles. The van der Waals surface area contributed by atoms with Crippen molar-refractivity contribution >= 4 is 22.9 Å². The second-order valence-electron chi connectivity index (χ2n) is 3.31. The van der Waals surface area contributed by atoms with Crippen LogP contribution in [0.2, 0.25) is 0 Å². The van der Waals surface area contributed by atoms with E-state index in [1.165, 1.54) is 13.2 Å². The van der Waals surface area contributed by atoms with Gasteiger partial charge in [0, 0.05) is 22.7 Å². The van der Waals surface area contributed by atoms with Gasteiger partial charge in [-0.25, -0.2) is 4.79 Å². The molecule has 2 aromatic rings. The van der Waals surface area contributed by atoms with Gasteiger partial charge in [-0.15, -0.1) is 0 Å². The summed E-state index contributed by atoms with van der Waals surface area (Å²) in [6, 6.07) is 7.62. The van der Waals surface area contributed by atoms with Crippen molar-refractivity contribution in [2.75, 3.05) is 7.11 Å². The van der Waals surface area contributed by atoms with Gasteiger partial charge in [-0.05, 0) is 12.1 Å². The van der Waals surface area contributed by atoms with Crippen molar-refractivity contribution in [3.63, 3.8) is 0 Å². The molecule has 0 atom stereocenters. The number of fused-ring (bicyclic) bond motifs is 1. The Hall–Kier alpha value is -2.23. The normalized spacial score (nSPS) is 11.7. The summed E-state index contributed by atoms with van der Waals surface area (Å²) in [5, 5.41) is 10.4. The van der Waals surface area contributed by atoms with Crippen molar-refractivity contribution in [1.82, 2.24) is 4.98 Å². The number of aromatic amines is 1. The lowest BCUT2D eigenvalue weighted by atomic mass is 10.1. The smallest absolute Gasteiger partial charge is 0.373 e. The lowest BCUT2D eigenvalue weighted by Gasteiger charge is -1.96. The molecule has 0 aliphatic heterocycles. The molecule has 0 amide bonds. The van der Waals surface area contributed by atoms with Crippen molar-refractivity contribution < 1.29 is 14.6 Å². The van der Waals surface area contributed by atoms with Crippen LogP contribution >= 0.6 is 0 Å². The van der Waals surface area contributed by atoms with Crippen LogP contribution in [0.5, 0.6) is 0 Å². The topological polar surface area (TPSA) is 62.3 Å². The first-order valence-electron chi connectivity index (χ1n) is 4.77. The minimum atomic E-state index is -0.745. The van der Waals surface area contributed by atoms with Crippen LogP contribution in [-0.2, 0) is 9.53 Å². The van der Waals surface area contributed by atoms with Crippen LogP contribution in [0.25, 0.3) is 17.0 Å². The maximum Gasteiger partial charge on any atom is 0.373 e. The predicted molar refractivity (Wildman–Crippen MR) is 60.9 cm³/mol. The summed E-state index contributed by atoms with van der Waals surface area (Å²) >= 11 is 0. The number of aliphatic hydroxyl groups is 1. The zero-order valence-electron chi connectivity index (χ0n) is 8.73. The minimum absolute atomic E-state index is 0.410. The number of aromatic nitrogens is 1. The molecule has 0 aliphatic rings. The van der Waals surface area contributed by atoms with E-state index in [0.717, 1.165) is 16.5 Å². The number of nitrogens with one attached hydrogen (secondary N) is 1. The number of hydrogen-bond acceptors (Lipinski definition) is 3. The molecule has 0 radical (unpaired) electrons. The first-order valence-corrected chi connectivity index (χ1v) is 4.77. The van der Waals surface area contributed by atoms with E-state index in [-0.39, 0.29) is 0 Å². The molecule has 2 N–H and O–H groups in total. The first-order chi connectivity index (χ1) is 7.72. The quantitative estimate of drug-likeness (QED) is 0.460. The van der Waals surface area contributed by atoms with Gasteiger partial charge in [0.25, 0.3) is 0 Å². The highest BCUT2D eigenvalue weighted by molar-refractivity contribution is 5.96. The molecule has 4 heteroatoms. The summed E-state index contributed by atoms with van der Waals surface area (Å²) in [6.07, 6.45) is 3.11. The molecule has 2 rings (SSSR count). The standard InChI is InChI=1S/C12H11NO3/c1-16-12(15)11(14)6-8-7-13-10-5-3-2-4-9(8)10/h2-7,13-14H,1H3/b11-6-. The van der Waals surface area contributed by atoms with E-state index in [9.17, 15) is 9.90 Å². The Morgan fingerprint density at radius 2 is 2.19 bits per heavy atom. The number of H-pyrrole nitrogens is 1. The molecular weight excluding hydrogens is 206 g/mol. The summed E-state index contributed by atoms with van der Waals surface area (Å²) in [5.41, 5.74) is 1.70. The molecule has 0 fully saturated rings. The number of carbonyl (C=O) groups excluding carboxylic acids is 1. The van der Waals surface area contributed by atoms with E-state index >= 15 is 0 Å². The average molecular weight is 217 g/mol. The van der Waals surface area contributed by atoms with E-state index in [4.69, 9.17) is 0 Å². The minimum Gasteiger partial charge on any atom is -0.502 e. The van der Waals surface area contributed by atoms with Crippen LogP contribution in [0.15, 0.2) is 36.2 Å². The second kappa shape index (κ2) is 4.10. The molecule has 1 heterocycles. The summed E-state index contributed by atoms with van der Waals surface area (Å²) in [6.45, 7) is 0. The van der Waals surface area contributed by atoms with Crippen LogP contribution in [-0.4, -0.2) is 23.2 Å². The summed E-state index contributed by atoms with van der Waals surface area (Å²) in [5.74, 6) is -1.16. The zero-order valence-corrected chi connectivity index (χ0v) is 8.73. The maximum absolute atomic E-state index is 11.0. The number of carbonyl (C=O) groups is 1. The molecule has 16 heavy (non-hydrogen) atoms. The van der Waals surface area contributed by atoms with Gasteiger partial charge in [-0.1, -0.05) is 18.2 Å². The zero-order chi connectivity index (χ0) is 11.5. The number of esters is 1. The Bertz CT molecular complexity index is 554. The van der Waals surface area contributed by atoms with Gasteiger partial charge in [-0.3, -0.25) is 0 Å². The van der Waals surface area contributed by atoms with E-state index in [1.807, 2.05) is 24.3 Å². The molecule has 82 valence electrons. The SMILES string of the molecule is COC(=O)/C(O)=C/c1c[nH]c2ccccc12. The highest BCUT2D eigenvalue weighted by Gasteiger charge is 2.08. The second-order valence-corrected chi connectivity index (χ2v) is 3.31. The maximum atomic E-state index is 11.0. The first kappa shape index (κ1) is 10.3. The predicted octanol–water partition coefficient (Wildman–Crippen LogP) is 2.24. The Balaban J connectivity index is 2.45. The Morgan fingerprint density at radius 1 is 1.44 bits per heavy atom. The molecule has 1 aromatic heterocycles. The van der Waals surface area contributed by atoms with Gasteiger partial charge in [0.15, 0.2) is 0 Å². The van der Waals surface area contributed by atoms with Gasteiger partial charge >= 0.3 is 5.97 Å². The van der Waals surface area contributed by atoms with Gasteiger partial charge < -0.3 is 14.8 Å². The number of aliphatic hydroxyl groups excluding tert-OH is 1. The third-order valence-corrected chi connectivity index (χ3v) is 2.31. The molecule has 0 spiro atoms. The van der Waals surface area contributed by atoms with E-state index in [1.54, 1.807) is 6.20 Å². The Morgan fingerprint density at radius 3 is 2.94 bits per heavy atom. The summed E-state index contributed by atoms with van der Waals surface area (Å²) in [7, 11) is 1.22. The molecule has 0 unspecified atom stereocenters. The molecule has 0 aliphatic carbocycles. The number of rotatable bonds is 2. The van der Waals surface area contributed by atoms with E-state index < -0.39 is 11.7 Å². The van der Waals surface area contributed by atoms with Crippen LogP contribution in [0.1, 0.15) is 5.56 Å². The largest absolute Gasteiger partial charge is 0.502 e. The molecule has 4 nitrogen and oxygen atoms in total. The van der Waals surface area contributed by atoms with E-state index in [2.05, 4.69) is 9.72 Å². The lowest BCUT2D eigenvalue weighted by molar-refractivity contribution is -0.138. The third kappa shape index (κ3) is 1.77. The van der Waals surface area contributed by atoms with Crippen LogP contribution in [0.3, 0.4) is 0 Å². The Labute approximate surface area is 92.2 Å². The number of hydrogen-bond donors (Lipinski definition) is 2. The van der Waals surface area contributed by atoms with Crippen molar-refractivity contribution in [2.45, 2.75) is 0 Å². The summed E-state index contributed by atoms with van der Waals surface area (Å²) < 4.78 is 4.41. The number of ether oxygens (including phenoxy) is 1. The molecular formula is C12H11NO3. The highest BCUT2D eigenvalue weighted by Crippen LogP contribution is 2.19. The van der Waals surface area contributed by atoms with Gasteiger partial charge in [0.05, 0.1) is 7.11 Å². The fourth-order valence-electron chi connectivity index (χ4n) is 1.52. The van der Waals surface area contributed by atoms with Gasteiger partial charge in [0.1, 0.15) is 0 Å². The third-order valence-electron chi connectivity index (χ3n) is 2.31. The lowest BCUT2D eigenvalue weighted by Crippen LogP contribution is -2.03. The highest BCUT2D eigenvalue weighted by atomic mass is 16.5. The monoisotopic (exact) mass is 217 g/mol. The van der Waals surface area contributed by atoms with E-state index in [0.29, 0.717) is 0 Å². The Kier molecular flexibility index (Phi) is 2.64. The van der Waals surface area contributed by atoms with Crippen LogP contribution < -0.4 is 0 Å². The van der Waals surface area contributed by atoms with Gasteiger partial charge in [-0.2, -0.15) is 0 Å². The van der Waals surface area contributed by atoms with Gasteiger partial charge in [0.2, 0.25) is 5.76 Å². The molecule has 0 saturated heterocycles. The number of para-hydroxylation sites is 1. The molecule has 0 bridgehead atoms. The van der Waals surface area contributed by atoms with Crippen molar-refractivity contribution in [3.05, 3.63) is 41.8 Å². The van der Waals surface area contributed by atoms with Crippen molar-refractivity contribution in [1.29, 1.82) is 0 Å². The fourth-order valence-corrected chi connectivity index (χ4v) is 1.52. The van der Waals surface area contributed by atoms with Crippen molar-refractivity contribution in [2.24, 2.45) is 0 Å². The average Bonchev–Trinajstić information content (AvgIpc) is 2.72. The summed E-state index contributed by atoms with van der Waals surface area (Å²) in [4.78, 5) is 14.1. The fraction of sp³-hybridized carbons (Fsp3) is 0.0833. The van der Waals surface area contributed by atoms with Crippen molar-refractivity contribution in [3.8, 4) is 0 Å². The number of methoxy groups -OCH3 is 1. The number of benzene rings is 1.